The number of carbonyl (C=O) groups excluding carboxylic acids is 1. The molecule has 0 radical (unpaired) electrons. The summed E-state index contributed by atoms with van der Waals surface area (Å²) in [5, 5.41) is 6.30. The molecule has 0 bridgehead atoms. The number of piperidine rings is 1. The van der Waals surface area contributed by atoms with Crippen LogP contribution in [0, 0.1) is 0 Å². The third kappa shape index (κ3) is 3.61. The Morgan fingerprint density at radius 2 is 2.20 bits per heavy atom. The number of carbonyl (C=O) groups is 1. The van der Waals surface area contributed by atoms with Crippen LogP contribution in [0.5, 0.6) is 0 Å². The first kappa shape index (κ1) is 15.1. The van der Waals surface area contributed by atoms with Crippen LogP contribution in [0.4, 0.5) is 0 Å². The van der Waals surface area contributed by atoms with Crippen LogP contribution in [0.2, 0.25) is 0 Å². The maximum Gasteiger partial charge on any atom is 0.268 e. The lowest BCUT2D eigenvalue weighted by Gasteiger charge is -2.27. The van der Waals surface area contributed by atoms with Gasteiger partial charge in [-0.1, -0.05) is 0 Å². The van der Waals surface area contributed by atoms with Crippen LogP contribution >= 0.6 is 0 Å². The van der Waals surface area contributed by atoms with Crippen molar-refractivity contribution in [3.05, 3.63) is 24.0 Å². The van der Waals surface area contributed by atoms with Gasteiger partial charge in [-0.15, -0.1) is 0 Å². The topological polar surface area (TPSA) is 55.3 Å². The van der Waals surface area contributed by atoms with Crippen LogP contribution in [-0.4, -0.2) is 42.8 Å². The highest BCUT2D eigenvalue weighted by atomic mass is 16.5. The zero-order valence-corrected chi connectivity index (χ0v) is 12.6. The van der Waals surface area contributed by atoms with E-state index in [1.165, 1.54) is 0 Å². The lowest BCUT2D eigenvalue weighted by Crippen LogP contribution is -2.40. The van der Waals surface area contributed by atoms with E-state index in [2.05, 4.69) is 15.2 Å². The molecule has 0 unspecified atom stereocenters. The normalized spacial score (nSPS) is 17.1. The van der Waals surface area contributed by atoms with Crippen molar-refractivity contribution in [2.75, 3.05) is 26.7 Å². The van der Waals surface area contributed by atoms with Crippen molar-refractivity contribution < 1.29 is 9.53 Å². The second kappa shape index (κ2) is 6.41. The van der Waals surface area contributed by atoms with Crippen LogP contribution in [0.3, 0.4) is 0 Å². The van der Waals surface area contributed by atoms with Crippen molar-refractivity contribution in [3.8, 4) is 0 Å². The average Bonchev–Trinajstić information content (AvgIpc) is 2.95. The van der Waals surface area contributed by atoms with Gasteiger partial charge in [-0.05, 0) is 51.9 Å². The van der Waals surface area contributed by atoms with Gasteiger partial charge in [-0.3, -0.25) is 4.79 Å². The number of nitrogens with one attached hydrogen (secondary N) is 2. The average molecular weight is 279 g/mol. The maximum absolute atomic E-state index is 12.3. The second-order valence-corrected chi connectivity index (χ2v) is 5.93. The lowest BCUT2D eigenvalue weighted by atomic mass is 10.1. The molecule has 0 spiro atoms. The zero-order chi connectivity index (χ0) is 14.6. The van der Waals surface area contributed by atoms with E-state index >= 15 is 0 Å². The van der Waals surface area contributed by atoms with Gasteiger partial charge in [0.05, 0.1) is 5.60 Å². The van der Waals surface area contributed by atoms with Gasteiger partial charge in [-0.25, -0.2) is 0 Å². The summed E-state index contributed by atoms with van der Waals surface area (Å²) in [4.78, 5) is 12.3. The second-order valence-electron chi connectivity index (χ2n) is 5.93. The summed E-state index contributed by atoms with van der Waals surface area (Å²) >= 11 is 0. The summed E-state index contributed by atoms with van der Waals surface area (Å²) in [6.07, 6.45) is 4.14. The minimum absolute atomic E-state index is 0.0290. The Hall–Kier alpha value is -1.33. The molecule has 5 heteroatoms. The molecule has 5 nitrogen and oxygen atoms in total. The predicted molar refractivity (Wildman–Crippen MR) is 79.0 cm³/mol. The van der Waals surface area contributed by atoms with Gasteiger partial charge >= 0.3 is 0 Å². The maximum atomic E-state index is 12.3. The number of amides is 1. The van der Waals surface area contributed by atoms with Crippen LogP contribution < -0.4 is 10.6 Å². The Kier molecular flexibility index (Phi) is 4.83. The lowest BCUT2D eigenvalue weighted by molar-refractivity contribution is 0.0227. The molecular formula is C15H25N3O2. The summed E-state index contributed by atoms with van der Waals surface area (Å²) in [7, 11) is 1.66. The van der Waals surface area contributed by atoms with E-state index < -0.39 is 0 Å². The molecule has 0 aliphatic carbocycles. The molecule has 1 saturated heterocycles. The van der Waals surface area contributed by atoms with Crippen molar-refractivity contribution >= 4 is 5.91 Å². The van der Waals surface area contributed by atoms with Crippen LogP contribution in [0.15, 0.2) is 18.3 Å². The SMILES string of the molecule is COC(C)(C)CNC(=O)c1cccn1C1CCNCC1. The molecule has 2 N–H and O–H groups in total. The molecule has 1 aromatic heterocycles. The van der Waals surface area contributed by atoms with E-state index in [0.29, 0.717) is 12.6 Å². The molecule has 1 fully saturated rings. The van der Waals surface area contributed by atoms with E-state index in [0.717, 1.165) is 31.6 Å². The monoisotopic (exact) mass is 279 g/mol. The van der Waals surface area contributed by atoms with E-state index in [9.17, 15) is 4.79 Å². The fourth-order valence-electron chi connectivity index (χ4n) is 2.45. The number of rotatable bonds is 5. The number of hydrogen-bond acceptors (Lipinski definition) is 3. The molecule has 0 aromatic carbocycles. The highest BCUT2D eigenvalue weighted by Crippen LogP contribution is 2.21. The van der Waals surface area contributed by atoms with Crippen molar-refractivity contribution in [2.24, 2.45) is 0 Å². The van der Waals surface area contributed by atoms with Crippen LogP contribution in [0.25, 0.3) is 0 Å². The van der Waals surface area contributed by atoms with Crippen molar-refractivity contribution in [3.63, 3.8) is 0 Å². The molecule has 1 aliphatic rings. The van der Waals surface area contributed by atoms with Crippen LogP contribution in [0.1, 0.15) is 43.2 Å². The molecule has 2 rings (SSSR count). The Balaban J connectivity index is 2.01. The molecule has 0 saturated carbocycles. The van der Waals surface area contributed by atoms with E-state index in [1.54, 1.807) is 7.11 Å². The van der Waals surface area contributed by atoms with Crippen molar-refractivity contribution in [1.82, 2.24) is 15.2 Å². The number of hydrogen-bond donors (Lipinski definition) is 2. The van der Waals surface area contributed by atoms with Crippen molar-refractivity contribution in [2.45, 2.75) is 38.3 Å². The largest absolute Gasteiger partial charge is 0.377 e. The van der Waals surface area contributed by atoms with Gasteiger partial charge in [0.2, 0.25) is 0 Å². The highest BCUT2D eigenvalue weighted by Gasteiger charge is 2.22. The first-order valence-electron chi connectivity index (χ1n) is 7.24. The fraction of sp³-hybridized carbons (Fsp3) is 0.667. The quantitative estimate of drug-likeness (QED) is 0.860. The van der Waals surface area contributed by atoms with E-state index in [4.69, 9.17) is 4.74 Å². The third-order valence-corrected chi connectivity index (χ3v) is 3.94. The Morgan fingerprint density at radius 1 is 1.50 bits per heavy atom. The Labute approximate surface area is 120 Å². The number of methoxy groups -OCH3 is 1. The van der Waals surface area contributed by atoms with Gasteiger partial charge < -0.3 is 19.9 Å². The summed E-state index contributed by atoms with van der Waals surface area (Å²) in [6.45, 7) is 6.44. The number of aromatic nitrogens is 1. The Bertz CT molecular complexity index is 448. The fourth-order valence-corrected chi connectivity index (χ4v) is 2.45. The molecule has 20 heavy (non-hydrogen) atoms. The minimum atomic E-state index is -0.345. The smallest absolute Gasteiger partial charge is 0.268 e. The third-order valence-electron chi connectivity index (χ3n) is 3.94. The van der Waals surface area contributed by atoms with Gasteiger partial charge in [0.25, 0.3) is 5.91 Å². The molecule has 1 aromatic rings. The van der Waals surface area contributed by atoms with Gasteiger partial charge in [0.15, 0.2) is 0 Å². The Morgan fingerprint density at radius 3 is 2.85 bits per heavy atom. The van der Waals surface area contributed by atoms with Crippen molar-refractivity contribution in [1.29, 1.82) is 0 Å². The van der Waals surface area contributed by atoms with E-state index in [1.807, 2.05) is 32.2 Å². The number of ether oxygens (including phenoxy) is 1. The minimum Gasteiger partial charge on any atom is -0.377 e. The molecule has 112 valence electrons. The first-order valence-corrected chi connectivity index (χ1v) is 7.24. The van der Waals surface area contributed by atoms with Gasteiger partial charge in [0, 0.05) is 25.9 Å². The summed E-state index contributed by atoms with van der Waals surface area (Å²) < 4.78 is 7.43. The first-order chi connectivity index (χ1) is 9.53. The summed E-state index contributed by atoms with van der Waals surface area (Å²) in [6, 6.07) is 4.25. The molecule has 1 amide bonds. The number of nitrogens with zero attached hydrogens (tertiary/aromatic N) is 1. The van der Waals surface area contributed by atoms with Crippen LogP contribution in [-0.2, 0) is 4.74 Å². The van der Waals surface area contributed by atoms with Gasteiger partial charge in [0.1, 0.15) is 5.69 Å². The highest BCUT2D eigenvalue weighted by molar-refractivity contribution is 5.92. The molecular weight excluding hydrogens is 254 g/mol. The van der Waals surface area contributed by atoms with E-state index in [-0.39, 0.29) is 11.5 Å². The summed E-state index contributed by atoms with van der Waals surface area (Å²) in [5.41, 5.74) is 0.394. The molecule has 0 atom stereocenters. The zero-order valence-electron chi connectivity index (χ0n) is 12.6. The summed E-state index contributed by atoms with van der Waals surface area (Å²) in [5.74, 6) is -0.0290. The molecule has 2 heterocycles. The standard InChI is InChI=1S/C15H25N3O2/c1-15(2,20-3)11-17-14(19)13-5-4-10-18(13)12-6-8-16-9-7-12/h4-5,10,12,16H,6-9,11H2,1-3H3,(H,17,19). The molecule has 1 aliphatic heterocycles. The predicted octanol–water partition coefficient (Wildman–Crippen LogP) is 1.57. The van der Waals surface area contributed by atoms with Gasteiger partial charge in [-0.2, -0.15) is 0 Å².